The van der Waals surface area contributed by atoms with Crippen LogP contribution in [0.5, 0.6) is 5.88 Å². The Bertz CT molecular complexity index is 1540. The van der Waals surface area contributed by atoms with Crippen LogP contribution in [0, 0.1) is 12.7 Å². The number of aromatic nitrogens is 2. The molecule has 2 aromatic heterocycles. The molecule has 5 rings (SSSR count). The van der Waals surface area contributed by atoms with E-state index in [1.54, 1.807) is 32.2 Å². The van der Waals surface area contributed by atoms with Crippen LogP contribution in [-0.2, 0) is 6.42 Å². The zero-order chi connectivity index (χ0) is 27.1. The molecule has 0 radical (unpaired) electrons. The van der Waals surface area contributed by atoms with Crippen LogP contribution in [0.2, 0.25) is 10.0 Å². The molecule has 0 saturated heterocycles. The van der Waals surface area contributed by atoms with Gasteiger partial charge in [-0.05, 0) is 86.9 Å². The average Bonchev–Trinajstić information content (AvgIpc) is 3.50. The topological polar surface area (TPSA) is 50.1 Å². The molecule has 6 nitrogen and oxygen atoms in total. The average molecular weight is 555 g/mol. The summed E-state index contributed by atoms with van der Waals surface area (Å²) >= 11 is 12.8. The highest BCUT2D eigenvalue weighted by atomic mass is 35.5. The third-order valence-corrected chi connectivity index (χ3v) is 7.98. The van der Waals surface area contributed by atoms with E-state index in [1.165, 1.54) is 6.07 Å². The van der Waals surface area contributed by atoms with Gasteiger partial charge in [0, 0.05) is 18.7 Å². The number of nitrogens with zero attached hydrogens (tertiary/aromatic N) is 4. The monoisotopic (exact) mass is 554 g/mol. The zero-order valence-corrected chi connectivity index (χ0v) is 23.3. The molecule has 2 aromatic carbocycles. The number of carbonyl (C=O) groups is 1. The van der Waals surface area contributed by atoms with Crippen molar-refractivity contribution in [2.75, 3.05) is 34.3 Å². The van der Waals surface area contributed by atoms with Crippen LogP contribution in [0.25, 0.3) is 16.9 Å². The van der Waals surface area contributed by atoms with Gasteiger partial charge in [0.1, 0.15) is 11.5 Å². The van der Waals surface area contributed by atoms with Crippen molar-refractivity contribution in [3.63, 3.8) is 0 Å². The number of hydrogen-bond donors (Lipinski definition) is 0. The Morgan fingerprint density at radius 2 is 1.95 bits per heavy atom. The van der Waals surface area contributed by atoms with Gasteiger partial charge in [0.2, 0.25) is 0 Å². The summed E-state index contributed by atoms with van der Waals surface area (Å²) < 4.78 is 21.7. The smallest absolute Gasteiger partial charge is 0.275 e. The number of benzene rings is 2. The first kappa shape index (κ1) is 26.5. The van der Waals surface area contributed by atoms with E-state index in [1.807, 2.05) is 52.6 Å². The van der Waals surface area contributed by atoms with Crippen LogP contribution in [-0.4, -0.2) is 59.4 Å². The van der Waals surface area contributed by atoms with Crippen molar-refractivity contribution in [3.05, 3.63) is 86.8 Å². The molecule has 198 valence electrons. The van der Waals surface area contributed by atoms with E-state index in [4.69, 9.17) is 32.9 Å². The van der Waals surface area contributed by atoms with Gasteiger partial charge >= 0.3 is 0 Å². The fourth-order valence-corrected chi connectivity index (χ4v) is 5.65. The summed E-state index contributed by atoms with van der Waals surface area (Å²) in [4.78, 5) is 23.2. The number of fused-ring (bicyclic) bond motifs is 2. The van der Waals surface area contributed by atoms with Gasteiger partial charge in [-0.3, -0.25) is 9.20 Å². The fourth-order valence-electron chi connectivity index (χ4n) is 5.21. The maximum absolute atomic E-state index is 14.5. The second-order valence-corrected chi connectivity index (χ2v) is 10.6. The first-order valence-electron chi connectivity index (χ1n) is 12.5. The normalized spacial score (nSPS) is 14.8. The summed E-state index contributed by atoms with van der Waals surface area (Å²) in [5.41, 5.74) is 4.56. The van der Waals surface area contributed by atoms with Crippen molar-refractivity contribution in [3.8, 4) is 17.1 Å². The van der Waals surface area contributed by atoms with Crippen LogP contribution in [0.1, 0.15) is 39.6 Å². The second-order valence-electron chi connectivity index (χ2n) is 9.82. The number of halogens is 3. The minimum absolute atomic E-state index is 0.179. The number of aryl methyl sites for hydroxylation is 1. The quantitative estimate of drug-likeness (QED) is 0.263. The van der Waals surface area contributed by atoms with Crippen LogP contribution < -0.4 is 4.74 Å². The summed E-state index contributed by atoms with van der Waals surface area (Å²) in [5, 5.41) is 1.06. The van der Waals surface area contributed by atoms with E-state index in [0.717, 1.165) is 24.0 Å². The Labute approximate surface area is 231 Å². The minimum atomic E-state index is -0.312. The molecule has 0 bridgehead atoms. The minimum Gasteiger partial charge on any atom is -0.482 e. The van der Waals surface area contributed by atoms with Gasteiger partial charge in [-0.1, -0.05) is 35.3 Å². The Morgan fingerprint density at radius 1 is 1.16 bits per heavy atom. The predicted molar refractivity (Wildman–Crippen MR) is 149 cm³/mol. The second kappa shape index (κ2) is 10.6. The van der Waals surface area contributed by atoms with Crippen molar-refractivity contribution in [2.45, 2.75) is 25.8 Å². The lowest BCUT2D eigenvalue weighted by atomic mass is 10.0. The van der Waals surface area contributed by atoms with Gasteiger partial charge in [-0.15, -0.1) is 0 Å². The SMILES string of the molecule is COc1cccc2nc(C(=O)N(CCN(C)C)C3CCc4c3ccc(Cl)c4Cl)c(-c3ccc(F)c(C)c3)n12. The van der Waals surface area contributed by atoms with Crippen molar-refractivity contribution < 1.29 is 13.9 Å². The molecule has 38 heavy (non-hydrogen) atoms. The lowest BCUT2D eigenvalue weighted by molar-refractivity contribution is 0.0657. The number of pyridine rings is 1. The van der Waals surface area contributed by atoms with E-state index >= 15 is 0 Å². The third-order valence-electron chi connectivity index (χ3n) is 7.14. The molecule has 0 fully saturated rings. The van der Waals surface area contributed by atoms with Crippen LogP contribution in [0.15, 0.2) is 48.5 Å². The number of amides is 1. The maximum Gasteiger partial charge on any atom is 0.275 e. The number of likely N-dealkylation sites (N-methyl/N-ethyl adjacent to an activating group) is 1. The molecule has 1 aliphatic carbocycles. The van der Waals surface area contributed by atoms with E-state index < -0.39 is 0 Å². The number of rotatable bonds is 7. The molecule has 1 unspecified atom stereocenters. The zero-order valence-electron chi connectivity index (χ0n) is 21.8. The molecule has 1 aliphatic rings. The Kier molecular flexibility index (Phi) is 7.36. The molecule has 2 heterocycles. The Morgan fingerprint density at radius 3 is 2.66 bits per heavy atom. The van der Waals surface area contributed by atoms with Crippen molar-refractivity contribution in [1.29, 1.82) is 0 Å². The largest absolute Gasteiger partial charge is 0.482 e. The summed E-state index contributed by atoms with van der Waals surface area (Å²) in [6, 6.07) is 13.9. The van der Waals surface area contributed by atoms with Crippen LogP contribution in [0.4, 0.5) is 4.39 Å². The first-order valence-corrected chi connectivity index (χ1v) is 13.2. The molecule has 1 atom stereocenters. The molecule has 9 heteroatoms. The number of imidazole rings is 1. The van der Waals surface area contributed by atoms with Gasteiger partial charge in [-0.25, -0.2) is 9.37 Å². The Hall–Kier alpha value is -3.13. The molecular formula is C29H29Cl2FN4O2. The maximum atomic E-state index is 14.5. The summed E-state index contributed by atoms with van der Waals surface area (Å²) in [7, 11) is 5.53. The summed E-state index contributed by atoms with van der Waals surface area (Å²) in [6.07, 6.45) is 1.46. The van der Waals surface area contributed by atoms with Gasteiger partial charge in [0.15, 0.2) is 11.6 Å². The van der Waals surface area contributed by atoms with Gasteiger partial charge in [-0.2, -0.15) is 0 Å². The lowest BCUT2D eigenvalue weighted by Gasteiger charge is -2.31. The Balaban J connectivity index is 1.69. The first-order chi connectivity index (χ1) is 18.2. The molecule has 0 saturated carbocycles. The van der Waals surface area contributed by atoms with Crippen molar-refractivity contribution in [1.82, 2.24) is 19.2 Å². The van der Waals surface area contributed by atoms with E-state index in [0.29, 0.717) is 51.5 Å². The molecule has 1 amide bonds. The van der Waals surface area contributed by atoms with Gasteiger partial charge in [0.05, 0.1) is 28.9 Å². The van der Waals surface area contributed by atoms with E-state index in [9.17, 15) is 9.18 Å². The van der Waals surface area contributed by atoms with Gasteiger partial charge < -0.3 is 14.5 Å². The number of ether oxygens (including phenoxy) is 1. The van der Waals surface area contributed by atoms with Crippen molar-refractivity contribution in [2.24, 2.45) is 0 Å². The number of hydrogen-bond acceptors (Lipinski definition) is 4. The number of carbonyl (C=O) groups excluding carboxylic acids is 1. The summed E-state index contributed by atoms with van der Waals surface area (Å²) in [6.45, 7) is 2.86. The highest BCUT2D eigenvalue weighted by Crippen LogP contribution is 2.43. The van der Waals surface area contributed by atoms with E-state index in [2.05, 4.69) is 0 Å². The summed E-state index contributed by atoms with van der Waals surface area (Å²) in [5.74, 6) is 0.00475. The van der Waals surface area contributed by atoms with Crippen LogP contribution in [0.3, 0.4) is 0 Å². The molecule has 0 aliphatic heterocycles. The highest BCUT2D eigenvalue weighted by Gasteiger charge is 2.35. The van der Waals surface area contributed by atoms with E-state index in [-0.39, 0.29) is 23.5 Å². The number of methoxy groups -OCH3 is 1. The third kappa shape index (κ3) is 4.64. The standard InChI is InChI=1S/C29H29Cl2FN4O2/c1-17-16-18(8-12-22(17)32)28-27(33-24-6-5-7-25(38-4)36(24)28)29(37)35(15-14-34(2)3)23-13-10-20-19(23)9-11-21(30)26(20)31/h5-9,11-12,16,23H,10,13-15H2,1-4H3. The van der Waals surface area contributed by atoms with Gasteiger partial charge in [0.25, 0.3) is 5.91 Å². The molecule has 0 spiro atoms. The lowest BCUT2D eigenvalue weighted by Crippen LogP contribution is -2.39. The fraction of sp³-hybridized carbons (Fsp3) is 0.310. The predicted octanol–water partition coefficient (Wildman–Crippen LogP) is 6.46. The molecular weight excluding hydrogens is 526 g/mol. The highest BCUT2D eigenvalue weighted by molar-refractivity contribution is 6.42. The van der Waals surface area contributed by atoms with Crippen molar-refractivity contribution >= 4 is 34.8 Å². The molecule has 0 N–H and O–H groups in total. The van der Waals surface area contributed by atoms with Crippen LogP contribution >= 0.6 is 23.2 Å². The molecule has 4 aromatic rings.